The molecule has 1 heterocycles. The van der Waals surface area contributed by atoms with Crippen LogP contribution < -0.4 is 5.32 Å². The van der Waals surface area contributed by atoms with Crippen LogP contribution in [0, 0.1) is 10.1 Å². The van der Waals surface area contributed by atoms with Crippen molar-refractivity contribution in [1.29, 1.82) is 0 Å². The molecule has 1 N–H and O–H groups in total. The Kier molecular flexibility index (Phi) is 2.21. The lowest BCUT2D eigenvalue weighted by Gasteiger charge is -2.23. The van der Waals surface area contributed by atoms with Crippen molar-refractivity contribution < 1.29 is 4.92 Å². The van der Waals surface area contributed by atoms with Crippen molar-refractivity contribution in [3.8, 4) is 0 Å². The molecule has 1 aromatic rings. The van der Waals surface area contributed by atoms with E-state index in [-0.39, 0.29) is 16.7 Å². The van der Waals surface area contributed by atoms with E-state index in [0.717, 1.165) is 24.1 Å². The lowest BCUT2D eigenvalue weighted by Crippen LogP contribution is -2.28. The highest BCUT2D eigenvalue weighted by atomic mass is 16.6. The van der Waals surface area contributed by atoms with Crippen LogP contribution in [0.3, 0.4) is 0 Å². The maximum absolute atomic E-state index is 10.8. The summed E-state index contributed by atoms with van der Waals surface area (Å²) in [4.78, 5) is 10.5. The third-order valence-corrected chi connectivity index (χ3v) is 2.68. The molecule has 0 saturated carbocycles. The van der Waals surface area contributed by atoms with Crippen LogP contribution in [-0.4, -0.2) is 11.5 Å². The molecule has 1 aliphatic heterocycles. The van der Waals surface area contributed by atoms with Crippen LogP contribution in [0.15, 0.2) is 18.2 Å². The first-order valence-corrected chi connectivity index (χ1v) is 4.69. The van der Waals surface area contributed by atoms with Crippen LogP contribution in [-0.2, 0) is 6.42 Å². The standard InChI is InChI=1S/C10H12N2O2/c1-7-8-3-2-4-10(12(13)14)9(8)5-6-11-7/h2-4,7,11H,5-6H2,1H3. The number of hydrogen-bond acceptors (Lipinski definition) is 3. The molecule has 1 aliphatic rings. The van der Waals surface area contributed by atoms with Crippen molar-refractivity contribution in [2.45, 2.75) is 19.4 Å². The fourth-order valence-corrected chi connectivity index (χ4v) is 1.96. The molecule has 0 bridgehead atoms. The van der Waals surface area contributed by atoms with E-state index in [1.54, 1.807) is 12.1 Å². The zero-order valence-corrected chi connectivity index (χ0v) is 7.99. The molecule has 0 saturated heterocycles. The largest absolute Gasteiger partial charge is 0.310 e. The van der Waals surface area contributed by atoms with Crippen LogP contribution in [0.2, 0.25) is 0 Å². The van der Waals surface area contributed by atoms with E-state index in [0.29, 0.717) is 0 Å². The molecule has 4 nitrogen and oxygen atoms in total. The molecule has 0 spiro atoms. The predicted molar refractivity (Wildman–Crippen MR) is 53.2 cm³/mol. The third-order valence-electron chi connectivity index (χ3n) is 2.68. The van der Waals surface area contributed by atoms with Crippen molar-refractivity contribution in [2.75, 3.05) is 6.54 Å². The molecule has 1 unspecified atom stereocenters. The molecule has 0 radical (unpaired) electrons. The van der Waals surface area contributed by atoms with E-state index in [9.17, 15) is 10.1 Å². The number of nitro benzene ring substituents is 1. The molecule has 0 aromatic heterocycles. The predicted octanol–water partition coefficient (Wildman–Crippen LogP) is 1.80. The summed E-state index contributed by atoms with van der Waals surface area (Å²) in [7, 11) is 0. The molecule has 0 aliphatic carbocycles. The molecule has 1 atom stereocenters. The summed E-state index contributed by atoms with van der Waals surface area (Å²) in [6, 6.07) is 5.51. The van der Waals surface area contributed by atoms with Crippen LogP contribution in [0.4, 0.5) is 5.69 Å². The van der Waals surface area contributed by atoms with Gasteiger partial charge >= 0.3 is 0 Å². The second kappa shape index (κ2) is 3.38. The van der Waals surface area contributed by atoms with Crippen molar-refractivity contribution in [3.63, 3.8) is 0 Å². The van der Waals surface area contributed by atoms with Gasteiger partial charge in [-0.3, -0.25) is 10.1 Å². The van der Waals surface area contributed by atoms with Crippen LogP contribution in [0.1, 0.15) is 24.1 Å². The molecule has 0 amide bonds. The fraction of sp³-hybridized carbons (Fsp3) is 0.400. The van der Waals surface area contributed by atoms with Gasteiger partial charge in [-0.1, -0.05) is 12.1 Å². The lowest BCUT2D eigenvalue weighted by atomic mass is 9.94. The summed E-state index contributed by atoms with van der Waals surface area (Å²) >= 11 is 0. The summed E-state index contributed by atoms with van der Waals surface area (Å²) in [5.74, 6) is 0. The average molecular weight is 192 g/mol. The van der Waals surface area contributed by atoms with Gasteiger partial charge in [-0.15, -0.1) is 0 Å². The van der Waals surface area contributed by atoms with E-state index >= 15 is 0 Å². The lowest BCUT2D eigenvalue weighted by molar-refractivity contribution is -0.385. The summed E-state index contributed by atoms with van der Waals surface area (Å²) < 4.78 is 0. The minimum absolute atomic E-state index is 0.221. The first-order valence-electron chi connectivity index (χ1n) is 4.69. The Labute approximate surface area is 82.1 Å². The maximum Gasteiger partial charge on any atom is 0.272 e. The monoisotopic (exact) mass is 192 g/mol. The van der Waals surface area contributed by atoms with Gasteiger partial charge in [0.25, 0.3) is 5.69 Å². The molecule has 14 heavy (non-hydrogen) atoms. The molecule has 4 heteroatoms. The Hall–Kier alpha value is -1.42. The van der Waals surface area contributed by atoms with Gasteiger partial charge in [0.1, 0.15) is 0 Å². The third kappa shape index (κ3) is 1.37. The number of nitrogens with one attached hydrogen (secondary N) is 1. The fourth-order valence-electron chi connectivity index (χ4n) is 1.96. The van der Waals surface area contributed by atoms with Gasteiger partial charge in [-0.25, -0.2) is 0 Å². The Morgan fingerprint density at radius 1 is 1.57 bits per heavy atom. The van der Waals surface area contributed by atoms with E-state index in [4.69, 9.17) is 0 Å². The van der Waals surface area contributed by atoms with E-state index < -0.39 is 0 Å². The number of benzene rings is 1. The Bertz CT molecular complexity index is 376. The van der Waals surface area contributed by atoms with E-state index in [1.807, 2.05) is 13.0 Å². The van der Waals surface area contributed by atoms with Gasteiger partial charge in [0.2, 0.25) is 0 Å². The molecule has 2 rings (SSSR count). The summed E-state index contributed by atoms with van der Waals surface area (Å²) in [5, 5.41) is 14.0. The highest BCUT2D eigenvalue weighted by Crippen LogP contribution is 2.29. The smallest absolute Gasteiger partial charge is 0.272 e. The summed E-state index contributed by atoms with van der Waals surface area (Å²) in [5.41, 5.74) is 2.21. The number of nitrogens with zero attached hydrogens (tertiary/aromatic N) is 1. The van der Waals surface area contributed by atoms with Gasteiger partial charge in [0, 0.05) is 24.2 Å². The highest BCUT2D eigenvalue weighted by molar-refractivity contribution is 5.48. The number of rotatable bonds is 1. The van der Waals surface area contributed by atoms with Crippen LogP contribution in [0.5, 0.6) is 0 Å². The molecule has 74 valence electrons. The Morgan fingerprint density at radius 3 is 3.07 bits per heavy atom. The Morgan fingerprint density at radius 2 is 2.36 bits per heavy atom. The van der Waals surface area contributed by atoms with Crippen molar-refractivity contribution in [3.05, 3.63) is 39.4 Å². The number of fused-ring (bicyclic) bond motifs is 1. The number of nitro groups is 1. The van der Waals surface area contributed by atoms with Gasteiger partial charge < -0.3 is 5.32 Å². The van der Waals surface area contributed by atoms with Crippen molar-refractivity contribution in [2.24, 2.45) is 0 Å². The minimum atomic E-state index is -0.295. The Balaban J connectivity index is 2.55. The van der Waals surface area contributed by atoms with Gasteiger partial charge in [0.15, 0.2) is 0 Å². The number of hydrogen-bond donors (Lipinski definition) is 1. The first-order chi connectivity index (χ1) is 6.70. The summed E-state index contributed by atoms with van der Waals surface area (Å²) in [6.07, 6.45) is 0.747. The normalized spacial score (nSPS) is 20.2. The van der Waals surface area contributed by atoms with Gasteiger partial charge in [-0.2, -0.15) is 0 Å². The SMILES string of the molecule is CC1NCCc2c1cccc2[N+](=O)[O-]. The van der Waals surface area contributed by atoms with E-state index in [1.165, 1.54) is 0 Å². The zero-order chi connectivity index (χ0) is 10.1. The maximum atomic E-state index is 10.8. The zero-order valence-electron chi connectivity index (χ0n) is 7.99. The minimum Gasteiger partial charge on any atom is -0.310 e. The second-order valence-electron chi connectivity index (χ2n) is 3.53. The quantitative estimate of drug-likeness (QED) is 0.545. The molecule has 0 fully saturated rings. The van der Waals surface area contributed by atoms with Crippen molar-refractivity contribution in [1.82, 2.24) is 5.32 Å². The highest BCUT2D eigenvalue weighted by Gasteiger charge is 2.23. The van der Waals surface area contributed by atoms with Crippen LogP contribution in [0.25, 0.3) is 0 Å². The van der Waals surface area contributed by atoms with E-state index in [2.05, 4.69) is 5.32 Å². The van der Waals surface area contributed by atoms with Crippen LogP contribution >= 0.6 is 0 Å². The average Bonchev–Trinajstić information content (AvgIpc) is 2.17. The van der Waals surface area contributed by atoms with Gasteiger partial charge in [-0.05, 0) is 18.9 Å². The molecule has 1 aromatic carbocycles. The topological polar surface area (TPSA) is 55.2 Å². The summed E-state index contributed by atoms with van der Waals surface area (Å²) in [6.45, 7) is 2.85. The first kappa shape index (κ1) is 9.15. The van der Waals surface area contributed by atoms with Crippen molar-refractivity contribution >= 4 is 5.69 Å². The van der Waals surface area contributed by atoms with Gasteiger partial charge in [0.05, 0.1) is 4.92 Å². The molecular weight excluding hydrogens is 180 g/mol. The molecular formula is C10H12N2O2. The second-order valence-corrected chi connectivity index (χ2v) is 3.53.